The fourth-order valence-corrected chi connectivity index (χ4v) is 3.53. The molecule has 0 N–H and O–H groups in total. The molecular formula is C13H14N2O4S2. The van der Waals surface area contributed by atoms with Gasteiger partial charge >= 0.3 is 5.97 Å². The van der Waals surface area contributed by atoms with E-state index in [4.69, 9.17) is 4.84 Å². The van der Waals surface area contributed by atoms with Crippen molar-refractivity contribution in [2.45, 2.75) is 17.9 Å². The highest BCUT2D eigenvalue weighted by atomic mass is 33.1. The molecule has 21 heavy (non-hydrogen) atoms. The van der Waals surface area contributed by atoms with E-state index in [0.717, 1.165) is 10.1 Å². The van der Waals surface area contributed by atoms with Gasteiger partial charge in [-0.2, -0.15) is 5.06 Å². The minimum atomic E-state index is -0.469. The molecule has 1 aromatic heterocycles. The first kappa shape index (κ1) is 15.8. The number of carbonyl (C=O) groups is 3. The van der Waals surface area contributed by atoms with E-state index in [-0.39, 0.29) is 31.2 Å². The van der Waals surface area contributed by atoms with Crippen molar-refractivity contribution in [2.75, 3.05) is 12.3 Å². The van der Waals surface area contributed by atoms with Crippen molar-refractivity contribution in [1.82, 2.24) is 10.0 Å². The van der Waals surface area contributed by atoms with E-state index in [1.165, 1.54) is 21.6 Å². The number of aromatic nitrogens is 1. The minimum absolute atomic E-state index is 0.112. The lowest BCUT2D eigenvalue weighted by atomic mass is 10.1. The Balaban J connectivity index is 1.64. The summed E-state index contributed by atoms with van der Waals surface area (Å²) in [6.45, 7) is 0.157. The van der Waals surface area contributed by atoms with Gasteiger partial charge in [0, 0.05) is 24.3 Å². The molecule has 8 heteroatoms. The van der Waals surface area contributed by atoms with Gasteiger partial charge in [0.25, 0.3) is 5.91 Å². The maximum absolute atomic E-state index is 11.6. The van der Waals surface area contributed by atoms with E-state index in [9.17, 15) is 14.4 Å². The van der Waals surface area contributed by atoms with Crippen molar-refractivity contribution in [1.29, 1.82) is 0 Å². The predicted octanol–water partition coefficient (Wildman–Crippen LogP) is 1.72. The lowest BCUT2D eigenvalue weighted by Crippen LogP contribution is -2.29. The highest BCUT2D eigenvalue weighted by molar-refractivity contribution is 8.76. The fraction of sp³-hybridized carbons (Fsp3) is 0.385. The van der Waals surface area contributed by atoms with Crippen LogP contribution in [0.4, 0.5) is 0 Å². The van der Waals surface area contributed by atoms with Crippen molar-refractivity contribution >= 4 is 39.8 Å². The molecule has 112 valence electrons. The standard InChI is InChI=1S/C13H14N2O4S2/c16-9-10-7-12(17)15(8-10)19-13(18)4-6-20-21-11-3-1-2-5-14-11/h1-3,5,9-10H,4,6-8H2. The Bertz CT molecular complexity index is 512. The molecule has 0 radical (unpaired) electrons. The van der Waals surface area contributed by atoms with Crippen LogP contribution in [0.3, 0.4) is 0 Å². The molecule has 1 aliphatic heterocycles. The maximum atomic E-state index is 11.6. The molecule has 1 fully saturated rings. The lowest BCUT2D eigenvalue weighted by molar-refractivity contribution is -0.192. The van der Waals surface area contributed by atoms with Gasteiger partial charge in [0.15, 0.2) is 0 Å². The lowest BCUT2D eigenvalue weighted by Gasteiger charge is -2.14. The van der Waals surface area contributed by atoms with Crippen LogP contribution in [0.5, 0.6) is 0 Å². The molecule has 1 saturated heterocycles. The Hall–Kier alpha value is -1.54. The van der Waals surface area contributed by atoms with Gasteiger partial charge in [-0.05, 0) is 22.9 Å². The first-order valence-corrected chi connectivity index (χ1v) is 8.68. The number of hydrogen-bond acceptors (Lipinski definition) is 7. The zero-order valence-electron chi connectivity index (χ0n) is 11.1. The first-order chi connectivity index (χ1) is 10.2. The summed E-state index contributed by atoms with van der Waals surface area (Å²) in [5, 5.41) is 1.86. The molecule has 0 aromatic carbocycles. The van der Waals surface area contributed by atoms with Crippen LogP contribution in [0, 0.1) is 5.92 Å². The van der Waals surface area contributed by atoms with Crippen molar-refractivity contribution < 1.29 is 19.2 Å². The summed E-state index contributed by atoms with van der Waals surface area (Å²) in [6, 6.07) is 5.62. The Morgan fingerprint density at radius 3 is 3.05 bits per heavy atom. The summed E-state index contributed by atoms with van der Waals surface area (Å²) >= 11 is 0. The third kappa shape index (κ3) is 5.05. The zero-order chi connectivity index (χ0) is 15.1. The molecule has 2 heterocycles. The Morgan fingerprint density at radius 2 is 2.38 bits per heavy atom. The smallest absolute Gasteiger partial charge is 0.333 e. The molecule has 1 unspecified atom stereocenters. The van der Waals surface area contributed by atoms with Crippen molar-refractivity contribution in [3.05, 3.63) is 24.4 Å². The Labute approximate surface area is 130 Å². The normalized spacial score (nSPS) is 17.8. The maximum Gasteiger partial charge on any atom is 0.333 e. The SMILES string of the molecule is O=CC1CC(=O)N(OC(=O)CCSSc2ccccn2)C1. The van der Waals surface area contributed by atoms with Gasteiger partial charge in [0.1, 0.15) is 11.3 Å². The number of amides is 1. The van der Waals surface area contributed by atoms with E-state index < -0.39 is 5.97 Å². The van der Waals surface area contributed by atoms with Gasteiger partial charge in [-0.1, -0.05) is 16.9 Å². The van der Waals surface area contributed by atoms with Crippen molar-refractivity contribution in [3.8, 4) is 0 Å². The Morgan fingerprint density at radius 1 is 1.52 bits per heavy atom. The highest BCUT2D eigenvalue weighted by Gasteiger charge is 2.32. The highest BCUT2D eigenvalue weighted by Crippen LogP contribution is 2.29. The van der Waals surface area contributed by atoms with E-state index in [0.29, 0.717) is 12.0 Å². The van der Waals surface area contributed by atoms with Crippen LogP contribution in [0.2, 0.25) is 0 Å². The molecule has 0 bridgehead atoms. The second kappa shape index (κ2) is 8.04. The van der Waals surface area contributed by atoms with Crippen LogP contribution in [0.15, 0.2) is 29.4 Å². The van der Waals surface area contributed by atoms with Crippen LogP contribution in [-0.2, 0) is 19.2 Å². The molecule has 2 rings (SSSR count). The van der Waals surface area contributed by atoms with Gasteiger partial charge in [-0.15, -0.1) is 0 Å². The quantitative estimate of drug-likeness (QED) is 0.429. The summed E-state index contributed by atoms with van der Waals surface area (Å²) in [4.78, 5) is 42.8. The number of carbonyl (C=O) groups excluding carboxylic acids is 3. The largest absolute Gasteiger partial charge is 0.338 e. The molecular weight excluding hydrogens is 312 g/mol. The van der Waals surface area contributed by atoms with Gasteiger partial charge in [-0.3, -0.25) is 4.79 Å². The van der Waals surface area contributed by atoms with Crippen molar-refractivity contribution in [2.24, 2.45) is 5.92 Å². The summed E-state index contributed by atoms with van der Waals surface area (Å²) in [6.07, 6.45) is 2.73. The second-order valence-electron chi connectivity index (χ2n) is 4.34. The van der Waals surface area contributed by atoms with E-state index in [1.807, 2.05) is 18.2 Å². The van der Waals surface area contributed by atoms with Gasteiger partial charge in [-0.25, -0.2) is 9.78 Å². The van der Waals surface area contributed by atoms with Crippen LogP contribution in [0.1, 0.15) is 12.8 Å². The van der Waals surface area contributed by atoms with E-state index in [2.05, 4.69) is 4.98 Å². The summed E-state index contributed by atoms with van der Waals surface area (Å²) in [5.41, 5.74) is 0. The Kier molecular flexibility index (Phi) is 6.06. The topological polar surface area (TPSA) is 76.6 Å². The summed E-state index contributed by atoms with van der Waals surface area (Å²) < 4.78 is 0. The van der Waals surface area contributed by atoms with Gasteiger partial charge in [0.05, 0.1) is 13.0 Å². The third-order valence-electron chi connectivity index (χ3n) is 2.69. The average molecular weight is 326 g/mol. The number of aldehydes is 1. The van der Waals surface area contributed by atoms with Crippen LogP contribution >= 0.6 is 21.6 Å². The number of hydroxylamine groups is 2. The van der Waals surface area contributed by atoms with Crippen molar-refractivity contribution in [3.63, 3.8) is 0 Å². The average Bonchev–Trinajstić information content (AvgIpc) is 2.85. The van der Waals surface area contributed by atoms with Gasteiger partial charge < -0.3 is 9.63 Å². The summed E-state index contributed by atoms with van der Waals surface area (Å²) in [7, 11) is 2.97. The molecule has 1 atom stereocenters. The van der Waals surface area contributed by atoms with E-state index >= 15 is 0 Å². The summed E-state index contributed by atoms with van der Waals surface area (Å²) in [5.74, 6) is -0.612. The first-order valence-electron chi connectivity index (χ1n) is 6.36. The number of nitrogens with zero attached hydrogens (tertiary/aromatic N) is 2. The molecule has 1 aromatic rings. The monoisotopic (exact) mass is 326 g/mol. The number of rotatable bonds is 7. The van der Waals surface area contributed by atoms with E-state index in [1.54, 1.807) is 6.20 Å². The zero-order valence-corrected chi connectivity index (χ0v) is 12.8. The minimum Gasteiger partial charge on any atom is -0.338 e. The van der Waals surface area contributed by atoms with Crippen LogP contribution < -0.4 is 0 Å². The fourth-order valence-electron chi connectivity index (χ4n) is 1.68. The predicted molar refractivity (Wildman–Crippen MR) is 79.1 cm³/mol. The number of pyridine rings is 1. The molecule has 0 aliphatic carbocycles. The third-order valence-corrected chi connectivity index (χ3v) is 4.96. The van der Waals surface area contributed by atoms with Crippen LogP contribution in [0.25, 0.3) is 0 Å². The molecule has 0 spiro atoms. The molecule has 0 saturated carbocycles. The second-order valence-corrected chi connectivity index (χ2v) is 6.78. The molecule has 1 aliphatic rings. The van der Waals surface area contributed by atoms with Crippen LogP contribution in [-0.4, -0.2) is 40.5 Å². The number of hydrogen-bond donors (Lipinski definition) is 0. The van der Waals surface area contributed by atoms with Gasteiger partial charge in [0.2, 0.25) is 0 Å². The molecule has 6 nitrogen and oxygen atoms in total. The molecule has 1 amide bonds.